The number of aryl methyl sites for hydroxylation is 1. The number of para-hydroxylation sites is 2. The minimum Gasteiger partial charge on any atom is -0.489 e. The highest BCUT2D eigenvalue weighted by Gasteiger charge is 2.29. The van der Waals surface area contributed by atoms with E-state index in [-0.39, 0.29) is 16.0 Å². The van der Waals surface area contributed by atoms with Crippen molar-refractivity contribution in [3.05, 3.63) is 81.2 Å². The molecule has 3 heterocycles. The van der Waals surface area contributed by atoms with Crippen LogP contribution in [0.4, 0.5) is 10.1 Å². The molecule has 5 rings (SSSR count). The van der Waals surface area contributed by atoms with E-state index in [1.54, 1.807) is 15.7 Å². The molecular formula is C27H25Cl2FN4O2. The van der Waals surface area contributed by atoms with Gasteiger partial charge in [-0.2, -0.15) is 5.10 Å². The predicted molar refractivity (Wildman–Crippen MR) is 141 cm³/mol. The second-order valence-electron chi connectivity index (χ2n) is 9.81. The zero-order chi connectivity index (χ0) is 25.8. The summed E-state index contributed by atoms with van der Waals surface area (Å²) in [4.78, 5) is 13.6. The Kier molecular flexibility index (Phi) is 6.09. The number of fused-ring (bicyclic) bond motifs is 2. The van der Waals surface area contributed by atoms with Gasteiger partial charge in [-0.15, -0.1) is 0 Å². The Labute approximate surface area is 218 Å². The Morgan fingerprint density at radius 1 is 1.17 bits per heavy atom. The monoisotopic (exact) mass is 526 g/mol. The number of hydrogen-bond donors (Lipinski definition) is 1. The van der Waals surface area contributed by atoms with Crippen molar-refractivity contribution >= 4 is 40.3 Å². The van der Waals surface area contributed by atoms with Crippen LogP contribution in [0.1, 0.15) is 42.3 Å². The molecule has 0 saturated carbocycles. The van der Waals surface area contributed by atoms with Gasteiger partial charge in [-0.3, -0.25) is 15.2 Å². The molecule has 0 saturated heterocycles. The zero-order valence-corrected chi connectivity index (χ0v) is 21.8. The third-order valence-electron chi connectivity index (χ3n) is 6.20. The number of hydrogen-bond acceptors (Lipinski definition) is 4. The number of nitrogens with one attached hydrogen (secondary N) is 1. The van der Waals surface area contributed by atoms with Crippen molar-refractivity contribution in [1.29, 1.82) is 0 Å². The minimum atomic E-state index is -0.494. The van der Waals surface area contributed by atoms with Gasteiger partial charge in [0.15, 0.2) is 0 Å². The molecule has 0 fully saturated rings. The van der Waals surface area contributed by atoms with Crippen molar-refractivity contribution in [2.45, 2.75) is 33.1 Å². The number of carbonyl (C=O) groups excluding carboxylic acids is 1. The molecule has 0 bridgehead atoms. The normalized spacial score (nSPS) is 13.5. The minimum absolute atomic E-state index is 0.124. The molecule has 2 aromatic heterocycles. The van der Waals surface area contributed by atoms with Crippen molar-refractivity contribution < 1.29 is 13.9 Å². The SMILES string of the molecule is Cc1cc2c(C(C)(C)C)c(C(=O)NN3CCOc4ccccc43)cnn2c1-c1cc(F)cc(Cl)c1Cl. The molecule has 1 amide bonds. The maximum atomic E-state index is 14.3. The number of ether oxygens (including phenoxy) is 1. The number of carbonyl (C=O) groups is 1. The molecule has 1 aliphatic heterocycles. The van der Waals surface area contributed by atoms with Gasteiger partial charge in [0.1, 0.15) is 18.2 Å². The molecule has 0 atom stereocenters. The molecule has 2 aromatic carbocycles. The first-order chi connectivity index (χ1) is 17.1. The lowest BCUT2D eigenvalue weighted by atomic mass is 9.83. The standard InChI is InChI=1S/C27H25Cl2FN4O2/c1-15-11-21-23(27(2,3)4)18(26(35)32-33-9-10-36-22-8-6-5-7-20(22)33)14-31-34(21)25(15)17-12-16(30)13-19(28)24(17)29/h5-8,11-14H,9-10H2,1-4H3,(H,32,35). The summed E-state index contributed by atoms with van der Waals surface area (Å²) in [6.45, 7) is 8.98. The summed E-state index contributed by atoms with van der Waals surface area (Å²) in [5, 5.41) is 6.76. The highest BCUT2D eigenvalue weighted by Crippen LogP contribution is 2.40. The maximum absolute atomic E-state index is 14.3. The van der Waals surface area contributed by atoms with Crippen molar-refractivity contribution in [3.8, 4) is 17.0 Å². The predicted octanol–water partition coefficient (Wildman–Crippen LogP) is 6.60. The second-order valence-corrected chi connectivity index (χ2v) is 10.6. The van der Waals surface area contributed by atoms with Gasteiger partial charge >= 0.3 is 0 Å². The highest BCUT2D eigenvalue weighted by molar-refractivity contribution is 6.43. The largest absolute Gasteiger partial charge is 0.489 e. The first kappa shape index (κ1) is 24.4. The van der Waals surface area contributed by atoms with Crippen LogP contribution in [0.25, 0.3) is 16.8 Å². The molecule has 0 radical (unpaired) electrons. The number of halogens is 3. The number of anilines is 1. The highest BCUT2D eigenvalue weighted by atomic mass is 35.5. The summed E-state index contributed by atoms with van der Waals surface area (Å²) in [7, 11) is 0. The number of aromatic nitrogens is 2. The third-order valence-corrected chi connectivity index (χ3v) is 7.00. The van der Waals surface area contributed by atoms with Gasteiger partial charge in [-0.25, -0.2) is 8.91 Å². The van der Waals surface area contributed by atoms with Gasteiger partial charge in [-0.05, 0) is 53.8 Å². The van der Waals surface area contributed by atoms with Gasteiger partial charge in [0, 0.05) is 5.56 Å². The number of amides is 1. The van der Waals surface area contributed by atoms with Gasteiger partial charge in [0.05, 0.1) is 45.2 Å². The van der Waals surface area contributed by atoms with Crippen LogP contribution in [0.15, 0.2) is 48.7 Å². The Morgan fingerprint density at radius 3 is 2.67 bits per heavy atom. The Balaban J connectivity index is 1.64. The van der Waals surface area contributed by atoms with Crippen LogP contribution >= 0.6 is 23.2 Å². The molecule has 1 aliphatic rings. The Hall–Kier alpha value is -3.29. The fourth-order valence-corrected chi connectivity index (χ4v) is 5.13. The van der Waals surface area contributed by atoms with Crippen LogP contribution in [-0.2, 0) is 5.41 Å². The summed E-state index contributed by atoms with van der Waals surface area (Å²) < 4.78 is 21.7. The molecule has 9 heteroatoms. The zero-order valence-electron chi connectivity index (χ0n) is 20.3. The molecule has 0 aliphatic carbocycles. The first-order valence-corrected chi connectivity index (χ1v) is 12.3. The van der Waals surface area contributed by atoms with Gasteiger partial charge in [0.2, 0.25) is 0 Å². The van der Waals surface area contributed by atoms with E-state index in [1.807, 2.05) is 58.0 Å². The van der Waals surface area contributed by atoms with E-state index >= 15 is 0 Å². The van der Waals surface area contributed by atoms with Crippen LogP contribution in [0.2, 0.25) is 10.0 Å². The fourth-order valence-electron chi connectivity index (χ4n) is 4.72. The van der Waals surface area contributed by atoms with Crippen LogP contribution in [-0.4, -0.2) is 28.7 Å². The fraction of sp³-hybridized carbons (Fsp3) is 0.259. The summed E-state index contributed by atoms with van der Waals surface area (Å²) in [5.41, 5.74) is 7.29. The lowest BCUT2D eigenvalue weighted by molar-refractivity contribution is 0.0942. The first-order valence-electron chi connectivity index (χ1n) is 11.5. The average Bonchev–Trinajstić information content (AvgIpc) is 3.15. The number of nitrogens with zero attached hydrogens (tertiary/aromatic N) is 3. The number of rotatable bonds is 3. The smallest absolute Gasteiger partial charge is 0.271 e. The van der Waals surface area contributed by atoms with Crippen LogP contribution in [0, 0.1) is 12.7 Å². The summed E-state index contributed by atoms with van der Waals surface area (Å²) in [5.74, 6) is -0.0587. The lowest BCUT2D eigenvalue weighted by Gasteiger charge is -2.32. The Morgan fingerprint density at radius 2 is 1.92 bits per heavy atom. The summed E-state index contributed by atoms with van der Waals surface area (Å²) in [6.07, 6.45) is 1.55. The van der Waals surface area contributed by atoms with Crippen molar-refractivity contribution in [3.63, 3.8) is 0 Å². The number of benzene rings is 2. The van der Waals surface area contributed by atoms with Crippen molar-refractivity contribution in [2.24, 2.45) is 0 Å². The van der Waals surface area contributed by atoms with Gasteiger partial charge in [-0.1, -0.05) is 56.1 Å². The molecule has 0 spiro atoms. The molecule has 1 N–H and O–H groups in total. The van der Waals surface area contributed by atoms with Crippen LogP contribution in [0.5, 0.6) is 5.75 Å². The van der Waals surface area contributed by atoms with Crippen molar-refractivity contribution in [1.82, 2.24) is 15.0 Å². The lowest BCUT2D eigenvalue weighted by Crippen LogP contribution is -2.47. The van der Waals surface area contributed by atoms with Crippen LogP contribution < -0.4 is 15.2 Å². The summed E-state index contributed by atoms with van der Waals surface area (Å²) in [6, 6.07) is 12.0. The molecule has 36 heavy (non-hydrogen) atoms. The van der Waals surface area contributed by atoms with E-state index in [1.165, 1.54) is 12.1 Å². The average molecular weight is 527 g/mol. The van der Waals surface area contributed by atoms with Gasteiger partial charge < -0.3 is 4.74 Å². The van der Waals surface area contributed by atoms with Gasteiger partial charge in [0.25, 0.3) is 5.91 Å². The molecule has 186 valence electrons. The van der Waals surface area contributed by atoms with E-state index in [4.69, 9.17) is 27.9 Å². The van der Waals surface area contributed by atoms with Crippen LogP contribution in [0.3, 0.4) is 0 Å². The van der Waals surface area contributed by atoms with E-state index in [2.05, 4.69) is 10.5 Å². The molecule has 4 aromatic rings. The maximum Gasteiger partial charge on any atom is 0.271 e. The number of hydrazine groups is 1. The second kappa shape index (κ2) is 8.98. The van der Waals surface area contributed by atoms with E-state index in [0.717, 1.165) is 22.3 Å². The third kappa shape index (κ3) is 4.16. The Bertz CT molecular complexity index is 1510. The van der Waals surface area contributed by atoms with Crippen molar-refractivity contribution in [2.75, 3.05) is 18.2 Å². The quantitative estimate of drug-likeness (QED) is 0.305. The molecular weight excluding hydrogens is 502 g/mol. The molecule has 0 unspecified atom stereocenters. The van der Waals surface area contributed by atoms with E-state index in [0.29, 0.717) is 35.7 Å². The molecule has 6 nitrogen and oxygen atoms in total. The van der Waals surface area contributed by atoms with E-state index < -0.39 is 11.2 Å². The van der Waals surface area contributed by atoms with E-state index in [9.17, 15) is 9.18 Å². The topological polar surface area (TPSA) is 58.9 Å². The summed E-state index contributed by atoms with van der Waals surface area (Å²) >= 11 is 12.6.